The molecule has 19 heavy (non-hydrogen) atoms. The first kappa shape index (κ1) is 13.2. The lowest BCUT2D eigenvalue weighted by atomic mass is 10.3. The zero-order valence-electron chi connectivity index (χ0n) is 9.95. The highest BCUT2D eigenvalue weighted by molar-refractivity contribution is 6.31. The number of benzene rings is 1. The van der Waals surface area contributed by atoms with Crippen LogP contribution in [0, 0.1) is 5.82 Å². The van der Waals surface area contributed by atoms with Crippen molar-refractivity contribution in [3.63, 3.8) is 0 Å². The van der Waals surface area contributed by atoms with Gasteiger partial charge in [0.25, 0.3) is 5.91 Å². The molecule has 1 heterocycles. The fourth-order valence-corrected chi connectivity index (χ4v) is 1.53. The van der Waals surface area contributed by atoms with Crippen molar-refractivity contribution >= 4 is 29.0 Å². The fraction of sp³-hybridized carbons (Fsp3) is 0.0833. The van der Waals surface area contributed by atoms with E-state index in [2.05, 4.69) is 20.6 Å². The summed E-state index contributed by atoms with van der Waals surface area (Å²) < 4.78 is 13.4. The standard InChI is InChI=1S/C12H10ClFN4O/c1-15-11-6-16-10(5-17-11)12(19)18-9-4-7(13)2-3-8(9)14/h2-6H,1H3,(H,15,17)(H,18,19). The van der Waals surface area contributed by atoms with E-state index in [4.69, 9.17) is 11.6 Å². The second-order valence-corrected chi connectivity index (χ2v) is 4.05. The van der Waals surface area contributed by atoms with Gasteiger partial charge in [0.15, 0.2) is 0 Å². The van der Waals surface area contributed by atoms with Crippen LogP contribution in [-0.4, -0.2) is 22.9 Å². The maximum absolute atomic E-state index is 13.4. The maximum atomic E-state index is 13.4. The van der Waals surface area contributed by atoms with Gasteiger partial charge in [0.05, 0.1) is 18.1 Å². The molecule has 0 radical (unpaired) electrons. The largest absolute Gasteiger partial charge is 0.372 e. The number of anilines is 2. The number of hydrogen-bond acceptors (Lipinski definition) is 4. The van der Waals surface area contributed by atoms with Crippen molar-refractivity contribution in [3.05, 3.63) is 47.1 Å². The van der Waals surface area contributed by atoms with Gasteiger partial charge in [0, 0.05) is 12.1 Å². The number of amides is 1. The molecule has 1 aromatic heterocycles. The molecule has 0 spiro atoms. The van der Waals surface area contributed by atoms with E-state index in [1.54, 1.807) is 7.05 Å². The van der Waals surface area contributed by atoms with Crippen molar-refractivity contribution in [1.82, 2.24) is 9.97 Å². The average Bonchev–Trinajstić information content (AvgIpc) is 2.43. The quantitative estimate of drug-likeness (QED) is 0.907. The van der Waals surface area contributed by atoms with E-state index in [0.29, 0.717) is 10.8 Å². The van der Waals surface area contributed by atoms with Crippen LogP contribution < -0.4 is 10.6 Å². The van der Waals surface area contributed by atoms with Gasteiger partial charge in [0.1, 0.15) is 17.3 Å². The summed E-state index contributed by atoms with van der Waals surface area (Å²) in [6.07, 6.45) is 2.70. The molecule has 98 valence electrons. The van der Waals surface area contributed by atoms with E-state index in [9.17, 15) is 9.18 Å². The highest BCUT2D eigenvalue weighted by Crippen LogP contribution is 2.20. The topological polar surface area (TPSA) is 66.9 Å². The SMILES string of the molecule is CNc1cnc(C(=O)Nc2cc(Cl)ccc2F)cn1. The Morgan fingerprint density at radius 2 is 2.11 bits per heavy atom. The molecule has 0 aliphatic rings. The monoisotopic (exact) mass is 280 g/mol. The first-order valence-electron chi connectivity index (χ1n) is 5.36. The normalized spacial score (nSPS) is 10.1. The molecule has 1 amide bonds. The molecule has 0 unspecified atom stereocenters. The minimum Gasteiger partial charge on any atom is -0.372 e. The van der Waals surface area contributed by atoms with Gasteiger partial charge in [-0.05, 0) is 18.2 Å². The van der Waals surface area contributed by atoms with Crippen molar-refractivity contribution in [2.75, 3.05) is 17.7 Å². The summed E-state index contributed by atoms with van der Waals surface area (Å²) in [7, 11) is 1.69. The van der Waals surface area contributed by atoms with E-state index in [-0.39, 0.29) is 11.4 Å². The number of carbonyl (C=O) groups is 1. The molecule has 7 heteroatoms. The van der Waals surface area contributed by atoms with Crippen LogP contribution in [0.15, 0.2) is 30.6 Å². The number of nitrogens with zero attached hydrogens (tertiary/aromatic N) is 2. The Morgan fingerprint density at radius 3 is 2.74 bits per heavy atom. The molecule has 2 aromatic rings. The molecule has 1 aromatic carbocycles. The highest BCUT2D eigenvalue weighted by Gasteiger charge is 2.11. The third-order valence-corrected chi connectivity index (χ3v) is 2.55. The predicted molar refractivity (Wildman–Crippen MR) is 70.9 cm³/mol. The zero-order valence-corrected chi connectivity index (χ0v) is 10.7. The summed E-state index contributed by atoms with van der Waals surface area (Å²) in [5, 5.41) is 5.49. The van der Waals surface area contributed by atoms with Gasteiger partial charge in [-0.3, -0.25) is 4.79 Å². The van der Waals surface area contributed by atoms with Gasteiger partial charge in [-0.1, -0.05) is 11.6 Å². The van der Waals surface area contributed by atoms with Crippen LogP contribution >= 0.6 is 11.6 Å². The first-order chi connectivity index (χ1) is 9.10. The van der Waals surface area contributed by atoms with Crippen molar-refractivity contribution in [3.8, 4) is 0 Å². The second-order valence-electron chi connectivity index (χ2n) is 3.62. The Bertz CT molecular complexity index is 603. The molecule has 2 rings (SSSR count). The van der Waals surface area contributed by atoms with Crippen LogP contribution in [0.3, 0.4) is 0 Å². The Morgan fingerprint density at radius 1 is 1.32 bits per heavy atom. The van der Waals surface area contributed by atoms with Gasteiger partial charge in [0.2, 0.25) is 0 Å². The van der Waals surface area contributed by atoms with E-state index in [1.165, 1.54) is 30.6 Å². The van der Waals surface area contributed by atoms with Crippen molar-refractivity contribution in [2.45, 2.75) is 0 Å². The van der Waals surface area contributed by atoms with Crippen LogP contribution in [0.25, 0.3) is 0 Å². The molecular weight excluding hydrogens is 271 g/mol. The third-order valence-electron chi connectivity index (χ3n) is 2.32. The molecule has 0 fully saturated rings. The maximum Gasteiger partial charge on any atom is 0.275 e. The third kappa shape index (κ3) is 3.17. The van der Waals surface area contributed by atoms with Gasteiger partial charge >= 0.3 is 0 Å². The van der Waals surface area contributed by atoms with Crippen LogP contribution in [0.4, 0.5) is 15.9 Å². The molecule has 0 aliphatic heterocycles. The van der Waals surface area contributed by atoms with Gasteiger partial charge in [-0.2, -0.15) is 0 Å². The van der Waals surface area contributed by atoms with Crippen molar-refractivity contribution in [2.24, 2.45) is 0 Å². The zero-order chi connectivity index (χ0) is 13.8. The van der Waals surface area contributed by atoms with Crippen molar-refractivity contribution < 1.29 is 9.18 Å². The fourth-order valence-electron chi connectivity index (χ4n) is 1.35. The number of halogens is 2. The minimum absolute atomic E-state index is 0.00278. The average molecular weight is 281 g/mol. The number of hydrogen-bond donors (Lipinski definition) is 2. The van der Waals surface area contributed by atoms with Crippen LogP contribution in [0.2, 0.25) is 5.02 Å². The lowest BCUT2D eigenvalue weighted by Crippen LogP contribution is -2.15. The smallest absolute Gasteiger partial charge is 0.275 e. The molecule has 0 saturated heterocycles. The summed E-state index contributed by atoms with van der Waals surface area (Å²) >= 11 is 5.73. The molecule has 0 bridgehead atoms. The van der Waals surface area contributed by atoms with Crippen molar-refractivity contribution in [1.29, 1.82) is 0 Å². The second kappa shape index (κ2) is 5.62. The van der Waals surface area contributed by atoms with Gasteiger partial charge in [-0.15, -0.1) is 0 Å². The lowest BCUT2D eigenvalue weighted by molar-refractivity contribution is 0.102. The Kier molecular flexibility index (Phi) is 3.91. The highest BCUT2D eigenvalue weighted by atomic mass is 35.5. The minimum atomic E-state index is -0.572. The number of carbonyl (C=O) groups excluding carboxylic acids is 1. The number of aromatic nitrogens is 2. The molecule has 2 N–H and O–H groups in total. The summed E-state index contributed by atoms with van der Waals surface area (Å²) in [6.45, 7) is 0. The van der Waals surface area contributed by atoms with E-state index in [1.807, 2.05) is 0 Å². The van der Waals surface area contributed by atoms with E-state index in [0.717, 1.165) is 0 Å². The van der Waals surface area contributed by atoms with Crippen LogP contribution in [0.5, 0.6) is 0 Å². The summed E-state index contributed by atoms with van der Waals surface area (Å²) in [4.78, 5) is 19.7. The van der Waals surface area contributed by atoms with Crippen LogP contribution in [-0.2, 0) is 0 Å². The number of rotatable bonds is 3. The van der Waals surface area contributed by atoms with E-state index >= 15 is 0 Å². The lowest BCUT2D eigenvalue weighted by Gasteiger charge is -2.06. The summed E-state index contributed by atoms with van der Waals surface area (Å²) in [5.74, 6) is -0.598. The van der Waals surface area contributed by atoms with Gasteiger partial charge in [-0.25, -0.2) is 14.4 Å². The Labute approximate surface area is 113 Å². The first-order valence-corrected chi connectivity index (χ1v) is 5.74. The van der Waals surface area contributed by atoms with Crippen LogP contribution in [0.1, 0.15) is 10.5 Å². The molecule has 0 atom stereocenters. The molecule has 0 aliphatic carbocycles. The Hall–Kier alpha value is -2.21. The predicted octanol–water partition coefficient (Wildman–Crippen LogP) is 2.56. The molecule has 5 nitrogen and oxygen atoms in total. The summed E-state index contributed by atoms with van der Waals surface area (Å²) in [6, 6.07) is 3.89. The molecular formula is C12H10ClFN4O. The summed E-state index contributed by atoms with van der Waals surface area (Å²) in [5.41, 5.74) is 0.0790. The number of nitrogens with one attached hydrogen (secondary N) is 2. The van der Waals surface area contributed by atoms with E-state index < -0.39 is 11.7 Å². The Balaban J connectivity index is 2.18. The molecule has 0 saturated carbocycles. The van der Waals surface area contributed by atoms with Gasteiger partial charge < -0.3 is 10.6 Å².